The Kier molecular flexibility index (Phi) is 5.73. The highest BCUT2D eigenvalue weighted by Gasteiger charge is 2.33. The molecule has 1 atom stereocenters. The smallest absolute Gasteiger partial charge is 0.332 e. The van der Waals surface area contributed by atoms with Crippen LogP contribution in [0.15, 0.2) is 42.5 Å². The van der Waals surface area contributed by atoms with E-state index in [0.29, 0.717) is 0 Å². The van der Waals surface area contributed by atoms with Gasteiger partial charge in [-0.15, -0.1) is 0 Å². The maximum absolute atomic E-state index is 13.7. The van der Waals surface area contributed by atoms with E-state index in [1.165, 1.54) is 23.5 Å². The molecule has 0 aliphatic carbocycles. The number of nitrogens with two attached hydrogens (primary N) is 1. The van der Waals surface area contributed by atoms with Gasteiger partial charge in [-0.2, -0.15) is 13.2 Å². The zero-order chi connectivity index (χ0) is 18.6. The number of benzene rings is 2. The predicted octanol–water partition coefficient (Wildman–Crippen LogP) is 3.25. The molecule has 1 amide bonds. The summed E-state index contributed by atoms with van der Waals surface area (Å²) in [5, 5.41) is 3.65. The lowest BCUT2D eigenvalue weighted by molar-refractivity contribution is -0.682. The molecule has 25 heavy (non-hydrogen) atoms. The quantitative estimate of drug-likeness (QED) is 0.791. The summed E-state index contributed by atoms with van der Waals surface area (Å²) in [7, 11) is 0. The molecular formula is C17H16F5N2O+. The SMILES string of the molecule is C[C@H]([NH2+]CC(=O)Nc1ccccc1C(F)(F)F)c1ccc(F)cc1F. The molecule has 2 aromatic carbocycles. The van der Waals surface area contributed by atoms with E-state index in [4.69, 9.17) is 0 Å². The van der Waals surface area contributed by atoms with Gasteiger partial charge in [-0.25, -0.2) is 8.78 Å². The highest BCUT2D eigenvalue weighted by atomic mass is 19.4. The van der Waals surface area contributed by atoms with Crippen molar-refractivity contribution < 1.29 is 32.1 Å². The summed E-state index contributed by atoms with van der Waals surface area (Å²) in [6, 6.07) is 7.23. The van der Waals surface area contributed by atoms with Crippen LogP contribution in [0.2, 0.25) is 0 Å². The van der Waals surface area contributed by atoms with Crippen LogP contribution in [-0.2, 0) is 11.0 Å². The number of halogens is 5. The van der Waals surface area contributed by atoms with E-state index >= 15 is 0 Å². The molecule has 3 nitrogen and oxygen atoms in total. The van der Waals surface area contributed by atoms with Gasteiger partial charge in [0.2, 0.25) is 0 Å². The molecule has 0 fully saturated rings. The first kappa shape index (κ1) is 18.9. The molecule has 0 saturated carbocycles. The number of amides is 1. The minimum absolute atomic E-state index is 0.199. The van der Waals surface area contributed by atoms with E-state index in [0.717, 1.165) is 24.3 Å². The highest BCUT2D eigenvalue weighted by molar-refractivity contribution is 5.92. The van der Waals surface area contributed by atoms with E-state index < -0.39 is 35.3 Å². The second-order valence-corrected chi connectivity index (χ2v) is 5.49. The molecule has 2 aromatic rings. The summed E-state index contributed by atoms with van der Waals surface area (Å²) in [6.45, 7) is 1.39. The lowest BCUT2D eigenvalue weighted by Crippen LogP contribution is -2.86. The van der Waals surface area contributed by atoms with Crippen molar-refractivity contribution in [1.29, 1.82) is 0 Å². The number of alkyl halides is 3. The van der Waals surface area contributed by atoms with Crippen LogP contribution < -0.4 is 10.6 Å². The Bertz CT molecular complexity index is 761. The van der Waals surface area contributed by atoms with Crippen molar-refractivity contribution in [1.82, 2.24) is 0 Å². The van der Waals surface area contributed by atoms with Crippen molar-refractivity contribution in [3.63, 3.8) is 0 Å². The van der Waals surface area contributed by atoms with Crippen LogP contribution >= 0.6 is 0 Å². The maximum Gasteiger partial charge on any atom is 0.418 e. The monoisotopic (exact) mass is 359 g/mol. The average Bonchev–Trinajstić information content (AvgIpc) is 2.52. The Morgan fingerprint density at radius 2 is 1.84 bits per heavy atom. The van der Waals surface area contributed by atoms with E-state index in [1.807, 2.05) is 0 Å². The lowest BCUT2D eigenvalue weighted by Gasteiger charge is -2.14. The molecule has 8 heteroatoms. The summed E-state index contributed by atoms with van der Waals surface area (Å²) in [5.41, 5.74) is -1.08. The zero-order valence-electron chi connectivity index (χ0n) is 13.2. The largest absolute Gasteiger partial charge is 0.418 e. The minimum atomic E-state index is -4.59. The minimum Gasteiger partial charge on any atom is -0.332 e. The molecule has 3 N–H and O–H groups in total. The van der Waals surface area contributed by atoms with Gasteiger partial charge in [0.15, 0.2) is 6.54 Å². The summed E-state index contributed by atoms with van der Waals surface area (Å²) in [6.07, 6.45) is -4.59. The number of carbonyl (C=O) groups excluding carboxylic acids is 1. The van der Waals surface area contributed by atoms with Crippen molar-refractivity contribution in [2.75, 3.05) is 11.9 Å². The normalized spacial score (nSPS) is 12.7. The van der Waals surface area contributed by atoms with Gasteiger partial charge in [0.05, 0.1) is 11.3 Å². The number of para-hydroxylation sites is 1. The van der Waals surface area contributed by atoms with Gasteiger partial charge in [0.25, 0.3) is 5.91 Å². The summed E-state index contributed by atoms with van der Waals surface area (Å²) in [5.74, 6) is -2.12. The number of quaternary nitrogens is 1. The molecule has 0 aliphatic heterocycles. The van der Waals surface area contributed by atoms with Crippen molar-refractivity contribution in [2.45, 2.75) is 19.1 Å². The first-order chi connectivity index (χ1) is 11.7. The number of carbonyl (C=O) groups is 1. The van der Waals surface area contributed by atoms with E-state index in [9.17, 15) is 26.7 Å². The van der Waals surface area contributed by atoms with E-state index in [1.54, 1.807) is 6.92 Å². The third-order valence-corrected chi connectivity index (χ3v) is 3.62. The van der Waals surface area contributed by atoms with Crippen LogP contribution in [0.4, 0.5) is 27.6 Å². The fourth-order valence-corrected chi connectivity index (χ4v) is 2.32. The number of nitrogens with one attached hydrogen (secondary N) is 1. The van der Waals surface area contributed by atoms with Crippen LogP contribution in [0, 0.1) is 11.6 Å². The molecule has 0 spiro atoms. The van der Waals surface area contributed by atoms with Crippen molar-refractivity contribution in [2.24, 2.45) is 0 Å². The molecule has 2 rings (SSSR count). The van der Waals surface area contributed by atoms with Gasteiger partial charge in [-0.1, -0.05) is 12.1 Å². The van der Waals surface area contributed by atoms with Crippen LogP contribution in [0.3, 0.4) is 0 Å². The van der Waals surface area contributed by atoms with Crippen LogP contribution in [0.1, 0.15) is 24.1 Å². The standard InChI is InChI=1S/C17H15F5N2O/c1-10(12-7-6-11(18)8-14(12)19)23-9-16(25)24-15-5-3-2-4-13(15)17(20,21)22/h2-8,10,23H,9H2,1H3,(H,24,25)/p+1/t10-/m0/s1. The second kappa shape index (κ2) is 7.60. The zero-order valence-corrected chi connectivity index (χ0v) is 13.2. The van der Waals surface area contributed by atoms with E-state index in [2.05, 4.69) is 5.32 Å². The molecule has 0 bridgehead atoms. The first-order valence-electron chi connectivity index (χ1n) is 7.43. The van der Waals surface area contributed by atoms with Gasteiger partial charge in [-0.05, 0) is 31.2 Å². The van der Waals surface area contributed by atoms with Gasteiger partial charge in [-0.3, -0.25) is 4.79 Å². The summed E-state index contributed by atoms with van der Waals surface area (Å²) < 4.78 is 65.2. The van der Waals surface area contributed by atoms with Gasteiger partial charge >= 0.3 is 6.18 Å². The van der Waals surface area contributed by atoms with Crippen molar-refractivity contribution in [3.05, 3.63) is 65.2 Å². The molecule has 0 saturated heterocycles. The Hall–Kier alpha value is -2.48. The maximum atomic E-state index is 13.7. The van der Waals surface area contributed by atoms with Crippen LogP contribution in [0.25, 0.3) is 0 Å². The van der Waals surface area contributed by atoms with Crippen molar-refractivity contribution in [3.8, 4) is 0 Å². The molecule has 0 aliphatic rings. The van der Waals surface area contributed by atoms with E-state index in [-0.39, 0.29) is 17.8 Å². The fourth-order valence-electron chi connectivity index (χ4n) is 2.32. The third kappa shape index (κ3) is 4.99. The second-order valence-electron chi connectivity index (χ2n) is 5.49. The predicted molar refractivity (Wildman–Crippen MR) is 81.6 cm³/mol. The molecule has 0 heterocycles. The first-order valence-corrected chi connectivity index (χ1v) is 7.43. The molecule has 134 valence electrons. The van der Waals surface area contributed by atoms with Crippen molar-refractivity contribution >= 4 is 11.6 Å². The summed E-state index contributed by atoms with van der Waals surface area (Å²) in [4.78, 5) is 11.9. The van der Waals surface area contributed by atoms with Crippen LogP contribution in [-0.4, -0.2) is 12.5 Å². The average molecular weight is 359 g/mol. The number of hydrogen-bond acceptors (Lipinski definition) is 1. The Balaban J connectivity index is 2.00. The molecule has 0 radical (unpaired) electrons. The number of rotatable bonds is 5. The van der Waals surface area contributed by atoms with Gasteiger partial charge in [0, 0.05) is 11.6 Å². The lowest BCUT2D eigenvalue weighted by atomic mass is 10.1. The summed E-state index contributed by atoms with van der Waals surface area (Å²) >= 11 is 0. The Morgan fingerprint density at radius 3 is 2.48 bits per heavy atom. The third-order valence-electron chi connectivity index (χ3n) is 3.62. The highest BCUT2D eigenvalue weighted by Crippen LogP contribution is 2.34. The molecule has 0 aromatic heterocycles. The fraction of sp³-hybridized carbons (Fsp3) is 0.235. The molecular weight excluding hydrogens is 343 g/mol. The molecule has 0 unspecified atom stereocenters. The van der Waals surface area contributed by atoms with Crippen LogP contribution in [0.5, 0.6) is 0 Å². The topological polar surface area (TPSA) is 45.7 Å². The van der Waals surface area contributed by atoms with Gasteiger partial charge < -0.3 is 10.6 Å². The Labute approximate surface area is 140 Å². The Morgan fingerprint density at radius 1 is 1.16 bits per heavy atom. The number of anilines is 1. The number of hydrogen-bond donors (Lipinski definition) is 2. The van der Waals surface area contributed by atoms with Gasteiger partial charge in [0.1, 0.15) is 17.7 Å².